The molecule has 0 aromatic heterocycles. The van der Waals surface area contributed by atoms with Crippen LogP contribution in [-0.2, 0) is 9.47 Å². The van der Waals surface area contributed by atoms with Crippen LogP contribution < -0.4 is 0 Å². The lowest BCUT2D eigenvalue weighted by Crippen LogP contribution is -2.32. The van der Waals surface area contributed by atoms with Crippen molar-refractivity contribution < 1.29 is 9.47 Å². The van der Waals surface area contributed by atoms with Crippen LogP contribution in [0.4, 0.5) is 0 Å². The Hall–Kier alpha value is -0.640. The van der Waals surface area contributed by atoms with Crippen molar-refractivity contribution in [3.05, 3.63) is 24.3 Å². The number of unbranched alkanes of at least 4 members (excludes halogenated alkanes) is 24. The minimum absolute atomic E-state index is 0.179. The van der Waals surface area contributed by atoms with E-state index in [9.17, 15) is 0 Å². The average Bonchev–Trinajstić information content (AvgIpc) is 3.02. The van der Waals surface area contributed by atoms with E-state index in [0.29, 0.717) is 0 Å². The quantitative estimate of drug-likeness (QED) is 0.0392. The third-order valence-corrected chi connectivity index (χ3v) is 8.85. The maximum Gasteiger partial charge on any atom is 0.112 e. The molecule has 0 aliphatic heterocycles. The fourth-order valence-corrected chi connectivity index (χ4v) is 5.80. The van der Waals surface area contributed by atoms with Gasteiger partial charge in [-0.3, -0.25) is 4.90 Å². The second kappa shape index (κ2) is 38.5. The van der Waals surface area contributed by atoms with Gasteiger partial charge in [0.15, 0.2) is 0 Å². The van der Waals surface area contributed by atoms with Crippen LogP contribution in [0, 0.1) is 0 Å². The molecule has 262 valence electrons. The van der Waals surface area contributed by atoms with E-state index < -0.39 is 0 Å². The Morgan fingerprint density at radius 2 is 0.750 bits per heavy atom. The van der Waals surface area contributed by atoms with Crippen molar-refractivity contribution in [2.24, 2.45) is 0 Å². The van der Waals surface area contributed by atoms with E-state index in [0.717, 1.165) is 26.2 Å². The van der Waals surface area contributed by atoms with E-state index in [4.69, 9.17) is 9.47 Å². The fraction of sp³-hybridized carbons (Fsp3) is 0.902. The van der Waals surface area contributed by atoms with E-state index in [2.05, 4.69) is 57.1 Å². The number of nitrogens with zero attached hydrogens (tertiary/aromatic N) is 1. The largest absolute Gasteiger partial charge is 0.381 e. The van der Waals surface area contributed by atoms with Crippen molar-refractivity contribution in [3.63, 3.8) is 0 Å². The minimum atomic E-state index is 0.179. The first kappa shape index (κ1) is 43.4. The van der Waals surface area contributed by atoms with Crippen LogP contribution in [0.3, 0.4) is 0 Å². The Morgan fingerprint density at radius 3 is 1.14 bits per heavy atom. The first-order valence-corrected chi connectivity index (χ1v) is 19.9. The van der Waals surface area contributed by atoms with Crippen molar-refractivity contribution in [1.82, 2.24) is 4.90 Å². The monoisotopic (exact) mass is 620 g/mol. The standard InChI is InChI=1S/C41H81NO2/c1-5-7-9-11-13-15-17-19-21-23-25-27-29-31-33-35-38-43-40-37-41(42(3)4)44-39-36-34-32-30-28-26-24-22-20-18-16-14-12-10-8-6-2/h19-22,41H,5-18,23-40H2,1-4H3/b21-19-,22-20-. The summed E-state index contributed by atoms with van der Waals surface area (Å²) in [7, 11) is 4.25. The Labute approximate surface area is 278 Å². The summed E-state index contributed by atoms with van der Waals surface area (Å²) >= 11 is 0. The van der Waals surface area contributed by atoms with Crippen molar-refractivity contribution in [1.29, 1.82) is 0 Å². The van der Waals surface area contributed by atoms with Crippen molar-refractivity contribution >= 4 is 0 Å². The Morgan fingerprint density at radius 1 is 0.409 bits per heavy atom. The first-order chi connectivity index (χ1) is 21.7. The van der Waals surface area contributed by atoms with Crippen LogP contribution >= 0.6 is 0 Å². The van der Waals surface area contributed by atoms with Crippen molar-refractivity contribution in [3.8, 4) is 0 Å². The van der Waals surface area contributed by atoms with Gasteiger partial charge >= 0.3 is 0 Å². The van der Waals surface area contributed by atoms with Gasteiger partial charge in [0, 0.05) is 19.6 Å². The molecule has 1 unspecified atom stereocenters. The Balaban J connectivity index is 3.42. The zero-order valence-corrected chi connectivity index (χ0v) is 30.8. The molecule has 0 spiro atoms. The van der Waals surface area contributed by atoms with Gasteiger partial charge < -0.3 is 9.47 Å². The summed E-state index contributed by atoms with van der Waals surface area (Å²) in [6.07, 6.45) is 48.6. The molecule has 0 fully saturated rings. The lowest BCUT2D eigenvalue weighted by molar-refractivity contribution is -0.0560. The van der Waals surface area contributed by atoms with E-state index in [1.807, 2.05) is 0 Å². The van der Waals surface area contributed by atoms with Gasteiger partial charge in [0.1, 0.15) is 6.23 Å². The second-order valence-electron chi connectivity index (χ2n) is 13.6. The molecule has 0 rings (SSSR count). The summed E-state index contributed by atoms with van der Waals surface area (Å²) in [4.78, 5) is 2.20. The van der Waals surface area contributed by atoms with E-state index in [-0.39, 0.29) is 6.23 Å². The fourth-order valence-electron chi connectivity index (χ4n) is 5.80. The second-order valence-corrected chi connectivity index (χ2v) is 13.6. The molecule has 0 radical (unpaired) electrons. The molecule has 0 amide bonds. The van der Waals surface area contributed by atoms with Crippen LogP contribution in [-0.4, -0.2) is 45.0 Å². The molecule has 3 nitrogen and oxygen atoms in total. The minimum Gasteiger partial charge on any atom is -0.381 e. The van der Waals surface area contributed by atoms with E-state index >= 15 is 0 Å². The predicted octanol–water partition coefficient (Wildman–Crippen LogP) is 13.4. The molecule has 0 bridgehead atoms. The first-order valence-electron chi connectivity index (χ1n) is 19.9. The highest BCUT2D eigenvalue weighted by atomic mass is 16.5. The summed E-state index contributed by atoms with van der Waals surface area (Å²) in [5.74, 6) is 0. The topological polar surface area (TPSA) is 21.7 Å². The molecule has 0 saturated carbocycles. The van der Waals surface area contributed by atoms with E-state index in [1.165, 1.54) is 180 Å². The Bertz CT molecular complexity index is 573. The highest BCUT2D eigenvalue weighted by molar-refractivity contribution is 4.82. The van der Waals surface area contributed by atoms with Gasteiger partial charge in [-0.25, -0.2) is 0 Å². The van der Waals surface area contributed by atoms with Gasteiger partial charge in [0.25, 0.3) is 0 Å². The number of hydrogen-bond acceptors (Lipinski definition) is 3. The lowest BCUT2D eigenvalue weighted by Gasteiger charge is -2.24. The molecule has 0 aliphatic rings. The number of rotatable bonds is 37. The molecule has 0 N–H and O–H groups in total. The number of hydrogen-bond donors (Lipinski definition) is 0. The van der Waals surface area contributed by atoms with Gasteiger partial charge in [-0.2, -0.15) is 0 Å². The molecular weight excluding hydrogens is 538 g/mol. The molecule has 0 aromatic rings. The van der Waals surface area contributed by atoms with E-state index in [1.54, 1.807) is 0 Å². The third kappa shape index (κ3) is 35.8. The maximum atomic E-state index is 6.19. The smallest absolute Gasteiger partial charge is 0.112 e. The SMILES string of the molecule is CCCCCCCC/C=C\CCCCCCCCOCCC(OCCCCCCCC/C=C\CCCCCCCC)N(C)C. The lowest BCUT2D eigenvalue weighted by atomic mass is 10.1. The summed E-state index contributed by atoms with van der Waals surface area (Å²) in [6, 6.07) is 0. The van der Waals surface area contributed by atoms with Crippen LogP contribution in [0.1, 0.15) is 200 Å². The highest BCUT2D eigenvalue weighted by Gasteiger charge is 2.11. The summed E-state index contributed by atoms with van der Waals surface area (Å²) in [6.45, 7) is 7.16. The summed E-state index contributed by atoms with van der Waals surface area (Å²) in [5, 5.41) is 0. The molecule has 0 saturated heterocycles. The molecule has 3 heteroatoms. The van der Waals surface area contributed by atoms with Crippen LogP contribution in [0.2, 0.25) is 0 Å². The van der Waals surface area contributed by atoms with Crippen LogP contribution in [0.25, 0.3) is 0 Å². The summed E-state index contributed by atoms with van der Waals surface area (Å²) in [5.41, 5.74) is 0. The van der Waals surface area contributed by atoms with Gasteiger partial charge in [-0.1, -0.05) is 154 Å². The maximum absolute atomic E-state index is 6.19. The Kier molecular flexibility index (Phi) is 38.0. The predicted molar refractivity (Wildman–Crippen MR) is 198 cm³/mol. The highest BCUT2D eigenvalue weighted by Crippen LogP contribution is 2.12. The molecule has 0 aromatic carbocycles. The van der Waals surface area contributed by atoms with Crippen molar-refractivity contribution in [2.75, 3.05) is 33.9 Å². The number of ether oxygens (including phenoxy) is 2. The van der Waals surface area contributed by atoms with Crippen molar-refractivity contribution in [2.45, 2.75) is 206 Å². The normalized spacial score (nSPS) is 12.8. The molecule has 1 atom stereocenters. The zero-order valence-electron chi connectivity index (χ0n) is 30.8. The van der Waals surface area contributed by atoms with Gasteiger partial charge in [0.05, 0.1) is 6.61 Å². The van der Waals surface area contributed by atoms with Gasteiger partial charge in [-0.05, 0) is 78.3 Å². The molecule has 0 heterocycles. The van der Waals surface area contributed by atoms with Crippen LogP contribution in [0.5, 0.6) is 0 Å². The molecule has 0 aliphatic carbocycles. The number of allylic oxidation sites excluding steroid dienone is 4. The third-order valence-electron chi connectivity index (χ3n) is 8.85. The zero-order chi connectivity index (χ0) is 32.0. The van der Waals surface area contributed by atoms with Crippen LogP contribution in [0.15, 0.2) is 24.3 Å². The average molecular weight is 620 g/mol. The molecular formula is C41H81NO2. The molecule has 44 heavy (non-hydrogen) atoms. The summed E-state index contributed by atoms with van der Waals surface area (Å²) < 4.78 is 12.1. The van der Waals surface area contributed by atoms with Gasteiger partial charge in [0.2, 0.25) is 0 Å². The van der Waals surface area contributed by atoms with Gasteiger partial charge in [-0.15, -0.1) is 0 Å².